The monoisotopic (exact) mass is 417 g/mol. The molecule has 1 N–H and O–H groups in total. The molecule has 0 spiro atoms. The van der Waals surface area contributed by atoms with E-state index >= 15 is 0 Å². The molecule has 0 aromatic heterocycles. The molecule has 1 aliphatic heterocycles. The van der Waals surface area contributed by atoms with Crippen molar-refractivity contribution in [2.45, 2.75) is 18.5 Å². The van der Waals surface area contributed by atoms with E-state index in [1.807, 2.05) is 7.05 Å². The van der Waals surface area contributed by atoms with Gasteiger partial charge in [0.1, 0.15) is 32.3 Å². The molecular formula is C11H20F4INO3. The molecule has 20 heavy (non-hydrogen) atoms. The zero-order chi connectivity index (χ0) is 14.5. The van der Waals surface area contributed by atoms with Gasteiger partial charge < -0.3 is 43.0 Å². The standard InChI is InChI=1S/C11H20F4NO3.HI/c1-16(2-4-18-5-3-16)6-9(17)7-19-8-11(14,15)10(12)13;/h9-10,17H,2-8H2,1H3;1H/q+1;/p-1. The molecule has 9 heteroatoms. The molecule has 0 aliphatic carbocycles. The van der Waals surface area contributed by atoms with E-state index in [1.165, 1.54) is 0 Å². The second-order valence-electron chi connectivity index (χ2n) is 5.09. The number of aliphatic hydroxyl groups is 1. The Bertz CT molecular complexity index is 278. The van der Waals surface area contributed by atoms with Crippen LogP contribution >= 0.6 is 0 Å². The van der Waals surface area contributed by atoms with E-state index in [4.69, 9.17) is 4.74 Å². The van der Waals surface area contributed by atoms with Gasteiger partial charge in [0.05, 0.1) is 26.9 Å². The molecule has 0 bridgehead atoms. The fourth-order valence-electron chi connectivity index (χ4n) is 1.92. The molecule has 0 aromatic carbocycles. The maximum absolute atomic E-state index is 12.6. The lowest BCUT2D eigenvalue weighted by molar-refractivity contribution is -0.919. The summed E-state index contributed by atoms with van der Waals surface area (Å²) in [6.45, 7) is 1.14. The van der Waals surface area contributed by atoms with Crippen molar-refractivity contribution >= 4 is 0 Å². The average molecular weight is 417 g/mol. The van der Waals surface area contributed by atoms with Gasteiger partial charge in [0.2, 0.25) is 0 Å². The maximum Gasteiger partial charge on any atom is 0.330 e. The largest absolute Gasteiger partial charge is 1.00 e. The maximum atomic E-state index is 12.6. The highest BCUT2D eigenvalue weighted by molar-refractivity contribution is 4.68. The molecule has 1 saturated heterocycles. The van der Waals surface area contributed by atoms with Crippen molar-refractivity contribution in [1.82, 2.24) is 0 Å². The van der Waals surface area contributed by atoms with Crippen molar-refractivity contribution in [3.8, 4) is 0 Å². The minimum absolute atomic E-state index is 0. The highest BCUT2D eigenvalue weighted by Gasteiger charge is 2.41. The Morgan fingerprint density at radius 1 is 1.30 bits per heavy atom. The summed E-state index contributed by atoms with van der Waals surface area (Å²) in [5.41, 5.74) is 0. The lowest BCUT2D eigenvalue weighted by atomic mass is 10.2. The van der Waals surface area contributed by atoms with E-state index in [-0.39, 0.29) is 30.6 Å². The summed E-state index contributed by atoms with van der Waals surface area (Å²) in [5, 5.41) is 9.69. The number of morpholine rings is 1. The Balaban J connectivity index is 0.00000361. The van der Waals surface area contributed by atoms with Gasteiger partial charge in [-0.15, -0.1) is 0 Å². The Kier molecular flexibility index (Phi) is 8.79. The molecule has 1 heterocycles. The molecule has 1 rings (SSSR count). The number of rotatable bonds is 7. The summed E-state index contributed by atoms with van der Waals surface area (Å²) in [4.78, 5) is 0. The number of aliphatic hydroxyl groups excluding tert-OH is 1. The van der Waals surface area contributed by atoms with Crippen LogP contribution in [-0.4, -0.2) is 81.2 Å². The van der Waals surface area contributed by atoms with Gasteiger partial charge in [-0.05, 0) is 0 Å². The first-order valence-corrected chi connectivity index (χ1v) is 6.08. The van der Waals surface area contributed by atoms with Crippen LogP contribution in [0.15, 0.2) is 0 Å². The van der Waals surface area contributed by atoms with Crippen molar-refractivity contribution in [2.24, 2.45) is 0 Å². The van der Waals surface area contributed by atoms with Gasteiger partial charge in [0.25, 0.3) is 0 Å². The van der Waals surface area contributed by atoms with Crippen LogP contribution in [0, 0.1) is 0 Å². The molecule has 4 nitrogen and oxygen atoms in total. The van der Waals surface area contributed by atoms with Crippen molar-refractivity contribution in [3.63, 3.8) is 0 Å². The Hall–Kier alpha value is 0.290. The van der Waals surface area contributed by atoms with Crippen LogP contribution in [0.2, 0.25) is 0 Å². The second kappa shape index (κ2) is 8.66. The highest BCUT2D eigenvalue weighted by Crippen LogP contribution is 2.22. The number of hydrogen-bond donors (Lipinski definition) is 1. The fraction of sp³-hybridized carbons (Fsp3) is 1.00. The summed E-state index contributed by atoms with van der Waals surface area (Å²) >= 11 is 0. The van der Waals surface area contributed by atoms with E-state index < -0.39 is 25.1 Å². The summed E-state index contributed by atoms with van der Waals surface area (Å²) in [5.74, 6) is -4.17. The summed E-state index contributed by atoms with van der Waals surface area (Å²) < 4.78 is 59.1. The molecule has 0 radical (unpaired) electrons. The lowest BCUT2D eigenvalue weighted by Crippen LogP contribution is -3.00. The minimum Gasteiger partial charge on any atom is -1.00 e. The summed E-state index contributed by atoms with van der Waals surface area (Å²) in [7, 11) is 1.92. The lowest BCUT2D eigenvalue weighted by Gasteiger charge is -2.38. The molecule has 1 unspecified atom stereocenters. The molecule has 1 aliphatic rings. The quantitative estimate of drug-likeness (QED) is 0.289. The molecule has 0 aromatic rings. The van der Waals surface area contributed by atoms with Crippen LogP contribution in [0.1, 0.15) is 0 Å². The van der Waals surface area contributed by atoms with Crippen molar-refractivity contribution < 1.29 is 60.6 Å². The minimum atomic E-state index is -4.17. The van der Waals surface area contributed by atoms with E-state index in [0.717, 1.165) is 0 Å². The van der Waals surface area contributed by atoms with E-state index in [0.29, 0.717) is 37.3 Å². The van der Waals surface area contributed by atoms with Crippen molar-refractivity contribution in [1.29, 1.82) is 0 Å². The predicted molar refractivity (Wildman–Crippen MR) is 59.4 cm³/mol. The second-order valence-corrected chi connectivity index (χ2v) is 5.09. The van der Waals surface area contributed by atoms with E-state index in [2.05, 4.69) is 4.74 Å². The van der Waals surface area contributed by atoms with Crippen LogP contribution in [0.5, 0.6) is 0 Å². The number of likely N-dealkylation sites (N-methyl/N-ethyl adjacent to an activating group) is 1. The molecule has 1 atom stereocenters. The molecule has 0 saturated carbocycles. The van der Waals surface area contributed by atoms with Gasteiger partial charge in [-0.3, -0.25) is 0 Å². The topological polar surface area (TPSA) is 38.7 Å². The first-order chi connectivity index (χ1) is 8.75. The third-order valence-electron chi connectivity index (χ3n) is 3.13. The van der Waals surface area contributed by atoms with Gasteiger partial charge in [-0.1, -0.05) is 0 Å². The van der Waals surface area contributed by atoms with Crippen LogP contribution in [0.4, 0.5) is 17.6 Å². The smallest absolute Gasteiger partial charge is 0.330 e. The van der Waals surface area contributed by atoms with Crippen molar-refractivity contribution in [2.75, 3.05) is 53.1 Å². The van der Waals surface area contributed by atoms with Gasteiger partial charge in [0, 0.05) is 0 Å². The Labute approximate surface area is 132 Å². The third kappa shape index (κ3) is 6.83. The summed E-state index contributed by atoms with van der Waals surface area (Å²) in [6, 6.07) is 0. The number of alkyl halides is 4. The van der Waals surface area contributed by atoms with Crippen LogP contribution < -0.4 is 24.0 Å². The number of quaternary nitrogens is 1. The van der Waals surface area contributed by atoms with Gasteiger partial charge in [0.15, 0.2) is 0 Å². The number of ether oxygens (including phenoxy) is 2. The first kappa shape index (κ1) is 20.3. The van der Waals surface area contributed by atoms with E-state index in [1.54, 1.807) is 0 Å². The first-order valence-electron chi connectivity index (χ1n) is 6.08. The Morgan fingerprint density at radius 3 is 2.35 bits per heavy atom. The van der Waals surface area contributed by atoms with Crippen molar-refractivity contribution in [3.05, 3.63) is 0 Å². The van der Waals surface area contributed by atoms with Crippen LogP contribution in [0.25, 0.3) is 0 Å². The highest BCUT2D eigenvalue weighted by atomic mass is 127. The van der Waals surface area contributed by atoms with Gasteiger partial charge in [-0.25, -0.2) is 8.78 Å². The normalized spacial score (nSPS) is 20.6. The molecular weight excluding hydrogens is 397 g/mol. The predicted octanol–water partition coefficient (Wildman–Crippen LogP) is -2.25. The average Bonchev–Trinajstić information content (AvgIpc) is 2.28. The van der Waals surface area contributed by atoms with Crippen LogP contribution in [-0.2, 0) is 9.47 Å². The third-order valence-corrected chi connectivity index (χ3v) is 3.13. The van der Waals surface area contributed by atoms with Crippen LogP contribution in [0.3, 0.4) is 0 Å². The fourth-order valence-corrected chi connectivity index (χ4v) is 1.92. The van der Waals surface area contributed by atoms with Gasteiger partial charge >= 0.3 is 12.3 Å². The zero-order valence-corrected chi connectivity index (χ0v) is 13.4. The zero-order valence-electron chi connectivity index (χ0n) is 11.2. The Morgan fingerprint density at radius 2 is 1.85 bits per heavy atom. The molecule has 0 amide bonds. The van der Waals surface area contributed by atoms with E-state index in [9.17, 15) is 22.7 Å². The summed E-state index contributed by atoms with van der Waals surface area (Å²) in [6.07, 6.45) is -4.72. The number of nitrogens with zero attached hydrogens (tertiary/aromatic N) is 1. The molecule has 122 valence electrons. The number of halogens is 5. The van der Waals surface area contributed by atoms with Gasteiger partial charge in [-0.2, -0.15) is 8.78 Å². The SMILES string of the molecule is C[N+]1(CC(O)COCC(F)(F)C(F)F)CCOCC1.[I-]. The number of hydrogen-bond acceptors (Lipinski definition) is 3. The molecule has 1 fully saturated rings.